The van der Waals surface area contributed by atoms with Crippen LogP contribution in [0.15, 0.2) is 115 Å². The maximum absolute atomic E-state index is 9.44. The number of fused-ring (bicyclic) bond motifs is 20. The van der Waals surface area contributed by atoms with Gasteiger partial charge in [-0.05, 0) is 57.4 Å². The summed E-state index contributed by atoms with van der Waals surface area (Å²) in [6.45, 7) is -0.0358. The minimum atomic E-state index is -0.0358. The second-order valence-corrected chi connectivity index (χ2v) is 11.7. The standard InChI is InChI=1S/C39H22N8O2.Zn/c48-20-21-13-15-22(16-14-21)49-23-17-18-30-31(19-23)39-46-37-29-12-6-5-11-28(29)35(44-37)42-33-25-8-2-1-7-24(25)32(40-33)41-34-26-9-3-4-10-27(26)36(43-34)45-38(30)47-39;/h1-19,48H,20H2;/q-2;+2. The summed E-state index contributed by atoms with van der Waals surface area (Å²) < 4.78 is 6.21. The van der Waals surface area contributed by atoms with E-state index in [4.69, 9.17) is 44.6 Å². The van der Waals surface area contributed by atoms with Gasteiger partial charge in [0.05, 0.1) is 29.9 Å². The average molecular weight is 700 g/mol. The summed E-state index contributed by atoms with van der Waals surface area (Å²) in [5.74, 6) is 3.19. The Morgan fingerprint density at radius 1 is 0.440 bits per heavy atom. The van der Waals surface area contributed by atoms with Crippen molar-refractivity contribution >= 4 is 44.1 Å². The Labute approximate surface area is 296 Å². The number of rotatable bonds is 3. The van der Waals surface area contributed by atoms with Crippen LogP contribution < -0.4 is 14.7 Å². The zero-order valence-corrected chi connectivity index (χ0v) is 29.3. The Hall–Kier alpha value is -6.16. The van der Waals surface area contributed by atoms with Gasteiger partial charge >= 0.3 is 19.5 Å². The third kappa shape index (κ3) is 4.86. The van der Waals surface area contributed by atoms with Crippen LogP contribution in [0.4, 0.5) is 0 Å². The molecule has 5 heterocycles. The third-order valence-electron chi connectivity index (χ3n) is 8.74. The van der Waals surface area contributed by atoms with E-state index >= 15 is 0 Å². The third-order valence-corrected chi connectivity index (χ3v) is 8.74. The molecule has 11 heteroatoms. The van der Waals surface area contributed by atoms with Crippen molar-refractivity contribution in [3.63, 3.8) is 0 Å². The molecule has 0 spiro atoms. The van der Waals surface area contributed by atoms with Crippen molar-refractivity contribution in [3.05, 3.63) is 121 Å². The van der Waals surface area contributed by atoms with Crippen molar-refractivity contribution in [1.82, 2.24) is 39.9 Å². The molecule has 50 heavy (non-hydrogen) atoms. The maximum atomic E-state index is 9.44. The Morgan fingerprint density at radius 3 is 1.30 bits per heavy atom. The van der Waals surface area contributed by atoms with E-state index in [-0.39, 0.29) is 26.1 Å². The van der Waals surface area contributed by atoms with Crippen molar-refractivity contribution < 1.29 is 29.3 Å². The van der Waals surface area contributed by atoms with Gasteiger partial charge in [-0.25, -0.2) is 9.97 Å². The van der Waals surface area contributed by atoms with E-state index in [2.05, 4.69) is 0 Å². The zero-order chi connectivity index (χ0) is 32.5. The van der Waals surface area contributed by atoms with Crippen LogP contribution in [0.5, 0.6) is 11.5 Å². The number of aromatic nitrogens is 8. The number of aliphatic hydroxyl groups excluding tert-OH is 1. The zero-order valence-electron chi connectivity index (χ0n) is 26.3. The minimum absolute atomic E-state index is 0. The van der Waals surface area contributed by atoms with Gasteiger partial charge in [0.1, 0.15) is 11.5 Å². The number of aliphatic hydroxyl groups is 1. The molecule has 3 aromatic heterocycles. The average Bonchev–Trinajstić information content (AvgIpc) is 3.87. The first-order chi connectivity index (χ1) is 24.2. The Morgan fingerprint density at radius 2 is 0.840 bits per heavy atom. The second kappa shape index (κ2) is 11.8. The van der Waals surface area contributed by atoms with Crippen molar-refractivity contribution in [2.45, 2.75) is 6.61 Å². The molecule has 5 aromatic carbocycles. The van der Waals surface area contributed by atoms with E-state index in [1.165, 1.54) is 0 Å². The van der Waals surface area contributed by atoms with E-state index in [0.29, 0.717) is 57.4 Å². The van der Waals surface area contributed by atoms with Crippen LogP contribution in [0, 0.1) is 0 Å². The molecular formula is C39H22N8O2Zn. The van der Waals surface area contributed by atoms with Crippen LogP contribution in [0.25, 0.3) is 89.7 Å². The molecule has 1 N–H and O–H groups in total. The quantitative estimate of drug-likeness (QED) is 0.186. The minimum Gasteiger partial charge on any atom is -0.457 e. The van der Waals surface area contributed by atoms with Gasteiger partial charge < -0.3 is 39.7 Å². The monoisotopic (exact) mass is 698 g/mol. The van der Waals surface area contributed by atoms with Crippen molar-refractivity contribution in [1.29, 1.82) is 0 Å². The van der Waals surface area contributed by atoms with Gasteiger partial charge in [-0.15, -0.1) is 0 Å². The molecule has 0 unspecified atom stereocenters. The van der Waals surface area contributed by atoms with Gasteiger partial charge in [-0.3, -0.25) is 0 Å². The molecule has 2 aliphatic heterocycles. The molecule has 8 bridgehead atoms. The summed E-state index contributed by atoms with van der Waals surface area (Å²) in [5, 5.41) is 12.8. The van der Waals surface area contributed by atoms with Crippen LogP contribution in [-0.4, -0.2) is 35.0 Å². The van der Waals surface area contributed by atoms with E-state index < -0.39 is 0 Å². The predicted molar refractivity (Wildman–Crippen MR) is 186 cm³/mol. The number of ether oxygens (including phenoxy) is 1. The van der Waals surface area contributed by atoms with Gasteiger partial charge in [0, 0.05) is 44.8 Å². The van der Waals surface area contributed by atoms with Crippen LogP contribution in [0.1, 0.15) is 5.56 Å². The number of hydrogen-bond donors (Lipinski definition) is 1. The summed E-state index contributed by atoms with van der Waals surface area (Å²) in [6, 6.07) is 36.7. The smallest absolute Gasteiger partial charge is 0.457 e. The van der Waals surface area contributed by atoms with Crippen LogP contribution in [0.3, 0.4) is 0 Å². The molecule has 8 aromatic rings. The Kier molecular flexibility index (Phi) is 7.05. The largest absolute Gasteiger partial charge is 2.00 e. The molecule has 0 saturated heterocycles. The SMILES string of the molecule is OCc1ccc(Oc2ccc3c(c2)-c2nc-3nc3[n-]c(nc4nc(nc5[n-]c(n2)c2ccccc52)-c2ccccc2-4)c2ccccc32)cc1.[Zn+2]. The molecule has 232 valence electrons. The summed E-state index contributed by atoms with van der Waals surface area (Å²) in [7, 11) is 0. The molecular weight excluding hydrogens is 678 g/mol. The van der Waals surface area contributed by atoms with E-state index in [9.17, 15) is 5.11 Å². The molecule has 0 radical (unpaired) electrons. The van der Waals surface area contributed by atoms with Crippen molar-refractivity contribution in [2.24, 2.45) is 0 Å². The fourth-order valence-electron chi connectivity index (χ4n) is 6.35. The van der Waals surface area contributed by atoms with E-state index in [1.54, 1.807) is 0 Å². The summed E-state index contributed by atoms with van der Waals surface area (Å²) in [6.07, 6.45) is 0. The van der Waals surface area contributed by atoms with Crippen LogP contribution >= 0.6 is 0 Å². The van der Waals surface area contributed by atoms with Gasteiger partial charge in [0.25, 0.3) is 0 Å². The molecule has 10 nitrogen and oxygen atoms in total. The van der Waals surface area contributed by atoms with Crippen molar-refractivity contribution in [3.8, 4) is 57.1 Å². The fraction of sp³-hybridized carbons (Fsp3) is 0.0256. The van der Waals surface area contributed by atoms with Crippen LogP contribution in [0.2, 0.25) is 0 Å². The maximum Gasteiger partial charge on any atom is 2.00 e. The summed E-state index contributed by atoms with van der Waals surface area (Å²) in [4.78, 5) is 39.7. The van der Waals surface area contributed by atoms with Gasteiger partial charge in [0.2, 0.25) is 0 Å². The Balaban J connectivity index is 0.00000336. The molecule has 0 saturated carbocycles. The molecule has 10 rings (SSSR count). The first-order valence-electron chi connectivity index (χ1n) is 15.7. The first-order valence-corrected chi connectivity index (χ1v) is 15.7. The molecule has 0 fully saturated rings. The second-order valence-electron chi connectivity index (χ2n) is 11.7. The molecule has 2 aliphatic rings. The normalized spacial score (nSPS) is 11.6. The summed E-state index contributed by atoms with van der Waals surface area (Å²) >= 11 is 0. The topological polar surface area (TPSA) is 135 Å². The van der Waals surface area contributed by atoms with Gasteiger partial charge in [-0.1, -0.05) is 84.9 Å². The van der Waals surface area contributed by atoms with E-state index in [0.717, 1.165) is 49.4 Å². The van der Waals surface area contributed by atoms with Gasteiger partial charge in [0.15, 0.2) is 0 Å². The van der Waals surface area contributed by atoms with E-state index in [1.807, 2.05) is 115 Å². The number of nitrogens with zero attached hydrogens (tertiary/aromatic N) is 8. The molecule has 0 amide bonds. The van der Waals surface area contributed by atoms with Gasteiger partial charge in [-0.2, -0.15) is 0 Å². The molecule has 0 aliphatic carbocycles. The van der Waals surface area contributed by atoms with Crippen molar-refractivity contribution in [2.75, 3.05) is 0 Å². The summed E-state index contributed by atoms with van der Waals surface area (Å²) in [5.41, 5.74) is 6.06. The number of hydrogen-bond acceptors (Lipinski definition) is 8. The van der Waals surface area contributed by atoms with Crippen LogP contribution in [-0.2, 0) is 26.1 Å². The number of benzene rings is 5. The Bertz CT molecular complexity index is 2810. The first kappa shape index (κ1) is 29.9. The fourth-order valence-corrected chi connectivity index (χ4v) is 6.35. The predicted octanol–water partition coefficient (Wildman–Crippen LogP) is 7.41. The molecule has 0 atom stereocenters.